The Bertz CT molecular complexity index is 726. The first-order valence-corrected chi connectivity index (χ1v) is 8.41. The van der Waals surface area contributed by atoms with Crippen molar-refractivity contribution in [1.29, 1.82) is 0 Å². The number of hydrogen-bond donors (Lipinski definition) is 1. The van der Waals surface area contributed by atoms with E-state index >= 15 is 0 Å². The van der Waals surface area contributed by atoms with Gasteiger partial charge in [0.05, 0.1) is 12.6 Å². The normalized spacial score (nSPS) is 12.9. The highest BCUT2D eigenvalue weighted by Crippen LogP contribution is 2.23. The number of thiazole rings is 1. The summed E-state index contributed by atoms with van der Waals surface area (Å²) in [6, 6.07) is 8.72. The molecule has 0 aliphatic carbocycles. The maximum Gasteiger partial charge on any atom is 0.358 e. The lowest BCUT2D eigenvalue weighted by molar-refractivity contribution is 0.0590. The van der Waals surface area contributed by atoms with Gasteiger partial charge in [-0.1, -0.05) is 30.3 Å². The van der Waals surface area contributed by atoms with Crippen molar-refractivity contribution in [2.24, 2.45) is 0 Å². The van der Waals surface area contributed by atoms with Crippen molar-refractivity contribution >= 4 is 27.3 Å². The van der Waals surface area contributed by atoms with Crippen LogP contribution >= 0.6 is 11.3 Å². The maximum atomic E-state index is 12.4. The molecule has 0 fully saturated rings. The highest BCUT2D eigenvalue weighted by Gasteiger charge is 2.28. The topological polar surface area (TPSA) is 85.4 Å². The molecule has 0 amide bonds. The third-order valence-corrected chi connectivity index (χ3v) is 5.70. The summed E-state index contributed by atoms with van der Waals surface area (Å²) < 4.78 is 31.7. The van der Waals surface area contributed by atoms with Gasteiger partial charge in [0.1, 0.15) is 0 Å². The number of ether oxygens (including phenoxy) is 1. The van der Waals surface area contributed by atoms with Gasteiger partial charge in [-0.2, -0.15) is 0 Å². The second-order valence-corrected chi connectivity index (χ2v) is 7.00. The molecule has 0 bridgehead atoms. The summed E-state index contributed by atoms with van der Waals surface area (Å²) in [5.41, 5.74) is 1.93. The molecule has 112 valence electrons. The van der Waals surface area contributed by atoms with E-state index in [-0.39, 0.29) is 9.90 Å². The van der Waals surface area contributed by atoms with Crippen LogP contribution in [0.2, 0.25) is 0 Å². The Kier molecular flexibility index (Phi) is 4.71. The van der Waals surface area contributed by atoms with Gasteiger partial charge in [0, 0.05) is 6.04 Å². The lowest BCUT2D eigenvalue weighted by atomic mass is 10.1. The molecule has 0 aliphatic rings. The van der Waals surface area contributed by atoms with E-state index < -0.39 is 22.0 Å². The van der Waals surface area contributed by atoms with Gasteiger partial charge in [-0.25, -0.2) is 22.9 Å². The number of hydrogen-bond acceptors (Lipinski definition) is 6. The fourth-order valence-electron chi connectivity index (χ4n) is 1.75. The first-order chi connectivity index (χ1) is 9.95. The van der Waals surface area contributed by atoms with Crippen molar-refractivity contribution in [2.45, 2.75) is 17.2 Å². The number of rotatable bonds is 5. The van der Waals surface area contributed by atoms with E-state index in [1.807, 2.05) is 30.3 Å². The van der Waals surface area contributed by atoms with E-state index in [4.69, 9.17) is 0 Å². The minimum Gasteiger partial charge on any atom is -0.464 e. The van der Waals surface area contributed by atoms with Crippen LogP contribution in [-0.2, 0) is 14.8 Å². The first kappa shape index (κ1) is 15.6. The fraction of sp³-hybridized carbons (Fsp3) is 0.231. The van der Waals surface area contributed by atoms with Gasteiger partial charge >= 0.3 is 5.97 Å². The van der Waals surface area contributed by atoms with Crippen molar-refractivity contribution in [1.82, 2.24) is 9.71 Å². The third kappa shape index (κ3) is 3.46. The van der Waals surface area contributed by atoms with Crippen molar-refractivity contribution in [3.8, 4) is 0 Å². The number of esters is 1. The number of aromatic nitrogens is 1. The van der Waals surface area contributed by atoms with E-state index in [1.165, 1.54) is 12.6 Å². The molecule has 0 saturated carbocycles. The lowest BCUT2D eigenvalue weighted by Crippen LogP contribution is -2.27. The van der Waals surface area contributed by atoms with E-state index in [0.717, 1.165) is 16.9 Å². The number of nitrogens with one attached hydrogen (secondary N) is 1. The van der Waals surface area contributed by atoms with Crippen LogP contribution in [0.25, 0.3) is 0 Å². The third-order valence-electron chi connectivity index (χ3n) is 2.79. The molecule has 0 unspecified atom stereocenters. The van der Waals surface area contributed by atoms with E-state index in [9.17, 15) is 13.2 Å². The Balaban J connectivity index is 2.27. The number of methoxy groups -OCH3 is 1. The first-order valence-electron chi connectivity index (χ1n) is 6.05. The van der Waals surface area contributed by atoms with Crippen LogP contribution in [0.4, 0.5) is 0 Å². The Morgan fingerprint density at radius 2 is 2.00 bits per heavy atom. The summed E-state index contributed by atoms with van der Waals surface area (Å²) in [5.74, 6) is -0.774. The van der Waals surface area contributed by atoms with Gasteiger partial charge in [0.25, 0.3) is 10.0 Å². The number of benzene rings is 1. The second-order valence-electron chi connectivity index (χ2n) is 4.23. The predicted octanol–water partition coefficient (Wildman–Crippen LogP) is 1.97. The van der Waals surface area contributed by atoms with Crippen LogP contribution in [0.15, 0.2) is 40.1 Å². The van der Waals surface area contributed by atoms with Crippen molar-refractivity contribution in [3.63, 3.8) is 0 Å². The largest absolute Gasteiger partial charge is 0.464 e. The molecule has 1 aromatic heterocycles. The average molecular weight is 326 g/mol. The Hall–Kier alpha value is -1.77. The van der Waals surface area contributed by atoms with Gasteiger partial charge in [-0.15, -0.1) is 11.3 Å². The van der Waals surface area contributed by atoms with Crippen molar-refractivity contribution < 1.29 is 17.9 Å². The van der Waals surface area contributed by atoms with E-state index in [2.05, 4.69) is 14.4 Å². The molecule has 0 radical (unpaired) electrons. The zero-order valence-electron chi connectivity index (χ0n) is 11.4. The molecule has 2 rings (SSSR count). The smallest absolute Gasteiger partial charge is 0.358 e. The SMILES string of the molecule is COC(=O)c1ncsc1S(=O)(=O)N[C@@H](C)c1ccccc1. The molecule has 8 heteroatoms. The minimum absolute atomic E-state index is 0.142. The van der Waals surface area contributed by atoms with Gasteiger partial charge in [0.2, 0.25) is 0 Å². The highest BCUT2D eigenvalue weighted by atomic mass is 32.2. The molecule has 1 aromatic carbocycles. The summed E-state index contributed by atoms with van der Waals surface area (Å²) in [7, 11) is -2.67. The summed E-state index contributed by atoms with van der Waals surface area (Å²) in [6.07, 6.45) is 0. The molecular weight excluding hydrogens is 312 g/mol. The zero-order valence-corrected chi connectivity index (χ0v) is 13.1. The number of nitrogens with zero attached hydrogens (tertiary/aromatic N) is 1. The molecule has 0 saturated heterocycles. The van der Waals surface area contributed by atoms with Crippen LogP contribution in [0.5, 0.6) is 0 Å². The number of sulfonamides is 1. The molecule has 1 N–H and O–H groups in total. The van der Waals surface area contributed by atoms with Gasteiger partial charge in [-0.3, -0.25) is 0 Å². The van der Waals surface area contributed by atoms with Crippen LogP contribution in [0.1, 0.15) is 29.0 Å². The molecule has 0 aliphatic heterocycles. The van der Waals surface area contributed by atoms with E-state index in [0.29, 0.717) is 0 Å². The second kappa shape index (κ2) is 6.33. The summed E-state index contributed by atoms with van der Waals surface area (Å²) in [6.45, 7) is 1.73. The quantitative estimate of drug-likeness (QED) is 0.849. The molecule has 0 spiro atoms. The Labute approximate surface area is 126 Å². The number of carbonyl (C=O) groups excluding carboxylic acids is 1. The predicted molar refractivity (Wildman–Crippen MR) is 78.6 cm³/mol. The summed E-state index contributed by atoms with van der Waals surface area (Å²) >= 11 is 0.875. The highest BCUT2D eigenvalue weighted by molar-refractivity contribution is 7.91. The molecule has 21 heavy (non-hydrogen) atoms. The van der Waals surface area contributed by atoms with Gasteiger partial charge in [-0.05, 0) is 12.5 Å². The summed E-state index contributed by atoms with van der Waals surface area (Å²) in [4.78, 5) is 15.3. The minimum atomic E-state index is -3.84. The lowest BCUT2D eigenvalue weighted by Gasteiger charge is -2.14. The van der Waals surface area contributed by atoms with Crippen LogP contribution in [0, 0.1) is 0 Å². The van der Waals surface area contributed by atoms with Crippen LogP contribution in [0.3, 0.4) is 0 Å². The Morgan fingerprint density at radius 3 is 2.62 bits per heavy atom. The monoisotopic (exact) mass is 326 g/mol. The fourth-order valence-corrected chi connectivity index (χ4v) is 4.14. The van der Waals surface area contributed by atoms with Crippen molar-refractivity contribution in [2.75, 3.05) is 7.11 Å². The standard InChI is InChI=1S/C13H14N2O4S2/c1-9(10-6-4-3-5-7-10)15-21(17,18)13-11(12(16)19-2)14-8-20-13/h3-9,15H,1-2H3/t9-/m0/s1. The molecule has 1 heterocycles. The summed E-state index contributed by atoms with van der Waals surface area (Å²) in [5, 5.41) is 0. The molecule has 1 atom stereocenters. The van der Waals surface area contributed by atoms with Crippen LogP contribution in [-0.4, -0.2) is 26.5 Å². The van der Waals surface area contributed by atoms with Crippen LogP contribution < -0.4 is 4.72 Å². The molecular formula is C13H14N2O4S2. The average Bonchev–Trinajstić information content (AvgIpc) is 2.97. The van der Waals surface area contributed by atoms with Crippen molar-refractivity contribution in [3.05, 3.63) is 47.1 Å². The molecule has 6 nitrogen and oxygen atoms in total. The van der Waals surface area contributed by atoms with E-state index in [1.54, 1.807) is 6.92 Å². The molecule has 2 aromatic rings. The zero-order chi connectivity index (χ0) is 15.5. The van der Waals surface area contributed by atoms with Gasteiger partial charge < -0.3 is 4.74 Å². The van der Waals surface area contributed by atoms with Gasteiger partial charge in [0.15, 0.2) is 9.90 Å². The Morgan fingerprint density at radius 1 is 1.33 bits per heavy atom. The maximum absolute atomic E-state index is 12.4. The number of carbonyl (C=O) groups is 1.